The molecular formula is C14H20N2OS. The zero-order chi connectivity index (χ0) is 13.7. The van der Waals surface area contributed by atoms with Crippen molar-refractivity contribution in [2.45, 2.75) is 26.8 Å². The summed E-state index contributed by atoms with van der Waals surface area (Å²) in [5.41, 5.74) is 6.13. The molecule has 0 spiro atoms. The molecule has 0 saturated carbocycles. The Kier molecular flexibility index (Phi) is 5.39. The maximum absolute atomic E-state index is 12.4. The van der Waals surface area contributed by atoms with Gasteiger partial charge in [0.1, 0.15) is 4.88 Å². The smallest absolute Gasteiger partial charge is 0.265 e. The van der Waals surface area contributed by atoms with E-state index in [-0.39, 0.29) is 11.9 Å². The van der Waals surface area contributed by atoms with E-state index < -0.39 is 0 Å². The molecule has 1 atom stereocenters. The molecule has 1 amide bonds. The molecule has 18 heavy (non-hydrogen) atoms. The largest absolute Gasteiger partial charge is 0.338 e. The second-order valence-corrected chi connectivity index (χ2v) is 5.49. The van der Waals surface area contributed by atoms with Crippen LogP contribution in [0, 0.1) is 17.8 Å². The third-order valence-corrected chi connectivity index (χ3v) is 3.98. The van der Waals surface area contributed by atoms with Gasteiger partial charge >= 0.3 is 0 Å². The van der Waals surface area contributed by atoms with Crippen LogP contribution in [0.5, 0.6) is 0 Å². The average molecular weight is 264 g/mol. The first-order valence-electron chi connectivity index (χ1n) is 6.02. The normalized spacial score (nSPS) is 11.9. The predicted molar refractivity (Wildman–Crippen MR) is 76.6 cm³/mol. The average Bonchev–Trinajstić information content (AvgIpc) is 2.81. The number of rotatable bonds is 3. The van der Waals surface area contributed by atoms with Crippen LogP contribution in [0.3, 0.4) is 0 Å². The van der Waals surface area contributed by atoms with Crippen molar-refractivity contribution in [1.29, 1.82) is 0 Å². The molecule has 1 rings (SSSR count). The van der Waals surface area contributed by atoms with E-state index in [1.54, 1.807) is 4.90 Å². The SMILES string of the molecule is CC(C)C(C)N(C)C(=O)c1sccc1C#CCN. The lowest BCUT2D eigenvalue weighted by molar-refractivity contribution is 0.0712. The first-order valence-corrected chi connectivity index (χ1v) is 6.90. The molecule has 3 nitrogen and oxygen atoms in total. The molecule has 0 radical (unpaired) electrons. The van der Waals surface area contributed by atoms with Crippen molar-refractivity contribution in [2.75, 3.05) is 13.6 Å². The van der Waals surface area contributed by atoms with Gasteiger partial charge in [-0.3, -0.25) is 4.79 Å². The highest BCUT2D eigenvalue weighted by Gasteiger charge is 2.22. The van der Waals surface area contributed by atoms with Crippen molar-refractivity contribution in [3.8, 4) is 11.8 Å². The molecule has 0 aromatic carbocycles. The summed E-state index contributed by atoms with van der Waals surface area (Å²) in [6.45, 7) is 6.58. The molecule has 0 fully saturated rings. The van der Waals surface area contributed by atoms with Gasteiger partial charge in [-0.2, -0.15) is 0 Å². The minimum Gasteiger partial charge on any atom is -0.338 e. The molecule has 1 aromatic heterocycles. The summed E-state index contributed by atoms with van der Waals surface area (Å²) >= 11 is 1.43. The molecule has 0 aliphatic heterocycles. The topological polar surface area (TPSA) is 46.3 Å². The van der Waals surface area contributed by atoms with Gasteiger partial charge in [0.05, 0.1) is 6.54 Å². The van der Waals surface area contributed by atoms with Gasteiger partial charge in [-0.25, -0.2) is 0 Å². The van der Waals surface area contributed by atoms with Crippen molar-refractivity contribution < 1.29 is 4.79 Å². The van der Waals surface area contributed by atoms with Crippen LogP contribution in [0.2, 0.25) is 0 Å². The molecule has 1 heterocycles. The number of carbonyl (C=O) groups is 1. The number of thiophene rings is 1. The van der Waals surface area contributed by atoms with Gasteiger partial charge < -0.3 is 10.6 Å². The Morgan fingerprint density at radius 1 is 1.50 bits per heavy atom. The molecule has 0 aliphatic rings. The Labute approximate surface area is 113 Å². The summed E-state index contributed by atoms with van der Waals surface area (Å²) in [6, 6.07) is 2.07. The van der Waals surface area contributed by atoms with E-state index in [1.807, 2.05) is 18.5 Å². The van der Waals surface area contributed by atoms with E-state index in [1.165, 1.54) is 11.3 Å². The highest BCUT2D eigenvalue weighted by molar-refractivity contribution is 7.12. The summed E-state index contributed by atoms with van der Waals surface area (Å²) < 4.78 is 0. The Morgan fingerprint density at radius 2 is 2.17 bits per heavy atom. The zero-order valence-electron chi connectivity index (χ0n) is 11.4. The van der Waals surface area contributed by atoms with E-state index in [4.69, 9.17) is 5.73 Å². The van der Waals surface area contributed by atoms with Crippen molar-refractivity contribution in [3.05, 3.63) is 21.9 Å². The molecular weight excluding hydrogens is 244 g/mol. The molecule has 1 aromatic rings. The van der Waals surface area contributed by atoms with Gasteiger partial charge in [0, 0.05) is 18.7 Å². The van der Waals surface area contributed by atoms with E-state index in [0.29, 0.717) is 17.3 Å². The third-order valence-electron chi connectivity index (χ3n) is 3.08. The minimum atomic E-state index is 0.0347. The van der Waals surface area contributed by atoms with Crippen LogP contribution in [0.15, 0.2) is 11.4 Å². The minimum absolute atomic E-state index is 0.0347. The van der Waals surface area contributed by atoms with Crippen LogP contribution in [-0.2, 0) is 0 Å². The highest BCUT2D eigenvalue weighted by Crippen LogP contribution is 2.20. The van der Waals surface area contributed by atoms with E-state index >= 15 is 0 Å². The lowest BCUT2D eigenvalue weighted by Gasteiger charge is -2.27. The van der Waals surface area contributed by atoms with E-state index in [0.717, 1.165) is 5.56 Å². The quantitative estimate of drug-likeness (QED) is 0.851. The number of hydrogen-bond donors (Lipinski definition) is 1. The molecule has 98 valence electrons. The lowest BCUT2D eigenvalue weighted by Crippen LogP contribution is -2.38. The molecule has 1 unspecified atom stereocenters. The molecule has 0 bridgehead atoms. The van der Waals surface area contributed by atoms with E-state index in [9.17, 15) is 4.79 Å². The fourth-order valence-electron chi connectivity index (χ4n) is 1.51. The second kappa shape index (κ2) is 6.58. The fraction of sp³-hybridized carbons (Fsp3) is 0.500. The van der Waals surface area contributed by atoms with Gasteiger partial charge in [-0.1, -0.05) is 25.7 Å². The summed E-state index contributed by atoms with van der Waals surface area (Å²) in [4.78, 5) is 14.9. The standard InChI is InChI=1S/C14H20N2OS/c1-10(2)11(3)16(4)14(17)13-12(6-5-8-15)7-9-18-13/h7,9-11H,8,15H2,1-4H3. The first kappa shape index (κ1) is 14.7. The van der Waals surface area contributed by atoms with Gasteiger partial charge in [-0.05, 0) is 24.3 Å². The maximum Gasteiger partial charge on any atom is 0.265 e. The first-order chi connectivity index (χ1) is 8.49. The molecule has 0 saturated heterocycles. The fourth-order valence-corrected chi connectivity index (χ4v) is 2.34. The number of amides is 1. The Morgan fingerprint density at radius 3 is 2.72 bits per heavy atom. The van der Waals surface area contributed by atoms with Crippen LogP contribution >= 0.6 is 11.3 Å². The second-order valence-electron chi connectivity index (χ2n) is 4.57. The molecule has 2 N–H and O–H groups in total. The molecule has 4 heteroatoms. The van der Waals surface area contributed by atoms with Crippen molar-refractivity contribution >= 4 is 17.2 Å². The Hall–Kier alpha value is -1.31. The maximum atomic E-state index is 12.4. The van der Waals surface area contributed by atoms with Gasteiger partial charge in [-0.15, -0.1) is 11.3 Å². The number of nitrogens with zero attached hydrogens (tertiary/aromatic N) is 1. The van der Waals surface area contributed by atoms with Gasteiger partial charge in [0.2, 0.25) is 0 Å². The van der Waals surface area contributed by atoms with Gasteiger partial charge in [0.25, 0.3) is 5.91 Å². The third kappa shape index (κ3) is 3.34. The van der Waals surface area contributed by atoms with Crippen LogP contribution < -0.4 is 5.73 Å². The summed E-state index contributed by atoms with van der Waals surface area (Å²) in [5.74, 6) is 6.20. The molecule has 0 aliphatic carbocycles. The summed E-state index contributed by atoms with van der Waals surface area (Å²) in [5, 5.41) is 1.89. The van der Waals surface area contributed by atoms with Crippen LogP contribution in [0.1, 0.15) is 36.0 Å². The van der Waals surface area contributed by atoms with Crippen molar-refractivity contribution in [2.24, 2.45) is 11.7 Å². The lowest BCUT2D eigenvalue weighted by atomic mass is 10.0. The van der Waals surface area contributed by atoms with Crippen LogP contribution in [-0.4, -0.2) is 30.4 Å². The zero-order valence-corrected chi connectivity index (χ0v) is 12.2. The Bertz CT molecular complexity index is 468. The summed E-state index contributed by atoms with van der Waals surface area (Å²) in [7, 11) is 1.84. The number of hydrogen-bond acceptors (Lipinski definition) is 3. The van der Waals surface area contributed by atoms with Crippen LogP contribution in [0.25, 0.3) is 0 Å². The van der Waals surface area contributed by atoms with E-state index in [2.05, 4.69) is 32.6 Å². The van der Waals surface area contributed by atoms with Crippen molar-refractivity contribution in [3.63, 3.8) is 0 Å². The highest BCUT2D eigenvalue weighted by atomic mass is 32.1. The van der Waals surface area contributed by atoms with Crippen LogP contribution in [0.4, 0.5) is 0 Å². The van der Waals surface area contributed by atoms with Crippen molar-refractivity contribution in [1.82, 2.24) is 4.90 Å². The number of carbonyl (C=O) groups excluding carboxylic acids is 1. The monoisotopic (exact) mass is 264 g/mol. The van der Waals surface area contributed by atoms with Gasteiger partial charge in [0.15, 0.2) is 0 Å². The summed E-state index contributed by atoms with van der Waals surface area (Å²) in [6.07, 6.45) is 0. The number of nitrogens with two attached hydrogens (primary N) is 1. The predicted octanol–water partition coefficient (Wildman–Crippen LogP) is 2.17. The Balaban J connectivity index is 2.94.